The van der Waals surface area contributed by atoms with Gasteiger partial charge in [0.15, 0.2) is 0 Å². The lowest BCUT2D eigenvalue weighted by atomic mass is 10.0. The molecular formula is C13H20FN. The number of benzene rings is 1. The zero-order valence-electron chi connectivity index (χ0n) is 9.97. The topological polar surface area (TPSA) is 12.0 Å². The molecule has 0 aliphatic heterocycles. The van der Waals surface area contributed by atoms with Crippen LogP contribution in [0.1, 0.15) is 32.8 Å². The van der Waals surface area contributed by atoms with Crippen LogP contribution in [0.5, 0.6) is 0 Å². The number of anilines is 1. The Morgan fingerprint density at radius 2 is 1.93 bits per heavy atom. The second-order valence-electron chi connectivity index (χ2n) is 4.63. The van der Waals surface area contributed by atoms with Crippen LogP contribution in [0.4, 0.5) is 10.1 Å². The van der Waals surface area contributed by atoms with Crippen molar-refractivity contribution in [2.75, 3.05) is 5.32 Å². The van der Waals surface area contributed by atoms with Gasteiger partial charge in [-0.3, -0.25) is 0 Å². The molecule has 0 saturated heterocycles. The molecule has 1 aromatic carbocycles. The molecule has 1 aromatic rings. The Kier molecular flexibility index (Phi) is 4.13. The van der Waals surface area contributed by atoms with E-state index in [-0.39, 0.29) is 5.82 Å². The fourth-order valence-electron chi connectivity index (χ4n) is 1.82. The summed E-state index contributed by atoms with van der Waals surface area (Å²) in [7, 11) is 0. The maximum atomic E-state index is 12.9. The quantitative estimate of drug-likeness (QED) is 0.791. The first-order chi connectivity index (χ1) is 6.99. The van der Waals surface area contributed by atoms with E-state index in [0.717, 1.165) is 17.7 Å². The van der Waals surface area contributed by atoms with E-state index in [2.05, 4.69) is 26.1 Å². The zero-order chi connectivity index (χ0) is 11.4. The van der Waals surface area contributed by atoms with Gasteiger partial charge in [0, 0.05) is 11.7 Å². The van der Waals surface area contributed by atoms with E-state index in [1.54, 1.807) is 6.07 Å². The highest BCUT2D eigenvalue weighted by molar-refractivity contribution is 5.51. The van der Waals surface area contributed by atoms with Gasteiger partial charge in [-0.2, -0.15) is 0 Å². The average molecular weight is 209 g/mol. The van der Waals surface area contributed by atoms with Crippen LogP contribution in [0.25, 0.3) is 0 Å². The minimum absolute atomic E-state index is 0.172. The fourth-order valence-corrected chi connectivity index (χ4v) is 1.82. The summed E-state index contributed by atoms with van der Waals surface area (Å²) in [6.07, 6.45) is 1.12. The molecule has 0 amide bonds. The van der Waals surface area contributed by atoms with Crippen molar-refractivity contribution in [3.8, 4) is 0 Å². The van der Waals surface area contributed by atoms with E-state index in [4.69, 9.17) is 0 Å². The summed E-state index contributed by atoms with van der Waals surface area (Å²) in [5.41, 5.74) is 2.00. The lowest BCUT2D eigenvalue weighted by Crippen LogP contribution is -2.18. The molecule has 1 N–H and O–H groups in total. The van der Waals surface area contributed by atoms with Crippen molar-refractivity contribution in [3.63, 3.8) is 0 Å². The third-order valence-electron chi connectivity index (χ3n) is 2.42. The molecule has 1 rings (SSSR count). The first-order valence-electron chi connectivity index (χ1n) is 5.51. The summed E-state index contributed by atoms with van der Waals surface area (Å²) >= 11 is 0. The van der Waals surface area contributed by atoms with E-state index in [1.165, 1.54) is 6.07 Å². The van der Waals surface area contributed by atoms with Gasteiger partial charge in [0.05, 0.1) is 0 Å². The van der Waals surface area contributed by atoms with Gasteiger partial charge in [0.25, 0.3) is 0 Å². The maximum absolute atomic E-state index is 12.9. The predicted octanol–water partition coefficient (Wildman–Crippen LogP) is 3.98. The number of hydrogen-bond donors (Lipinski definition) is 1. The average Bonchev–Trinajstić information content (AvgIpc) is 2.08. The second kappa shape index (κ2) is 5.15. The molecule has 84 valence electrons. The zero-order valence-corrected chi connectivity index (χ0v) is 9.97. The molecule has 0 saturated carbocycles. The van der Waals surface area contributed by atoms with Crippen LogP contribution in [0, 0.1) is 18.7 Å². The Labute approximate surface area is 91.7 Å². The van der Waals surface area contributed by atoms with Crippen LogP contribution >= 0.6 is 0 Å². The number of aryl methyl sites for hydroxylation is 1. The highest BCUT2D eigenvalue weighted by Crippen LogP contribution is 2.18. The van der Waals surface area contributed by atoms with E-state index in [0.29, 0.717) is 12.0 Å². The van der Waals surface area contributed by atoms with Gasteiger partial charge in [-0.25, -0.2) is 4.39 Å². The van der Waals surface area contributed by atoms with E-state index in [1.807, 2.05) is 13.0 Å². The molecule has 15 heavy (non-hydrogen) atoms. The summed E-state index contributed by atoms with van der Waals surface area (Å²) in [6, 6.07) is 5.29. The minimum Gasteiger partial charge on any atom is -0.382 e. The van der Waals surface area contributed by atoms with Crippen LogP contribution in [0.3, 0.4) is 0 Å². The molecule has 2 heteroatoms. The standard InChI is InChI=1S/C13H20FN/c1-9(2)7-11(4)15-13-6-5-12(14)8-10(13)3/h5-6,8-9,11,15H,7H2,1-4H3. The van der Waals surface area contributed by atoms with Crippen molar-refractivity contribution < 1.29 is 4.39 Å². The van der Waals surface area contributed by atoms with Gasteiger partial charge in [-0.15, -0.1) is 0 Å². The first kappa shape index (κ1) is 12.0. The molecule has 0 fully saturated rings. The van der Waals surface area contributed by atoms with E-state index >= 15 is 0 Å². The summed E-state index contributed by atoms with van der Waals surface area (Å²) in [6.45, 7) is 8.49. The Bertz CT molecular complexity index is 320. The number of nitrogens with one attached hydrogen (secondary N) is 1. The van der Waals surface area contributed by atoms with Crippen LogP contribution < -0.4 is 5.32 Å². The Balaban J connectivity index is 2.64. The molecule has 0 spiro atoms. The smallest absolute Gasteiger partial charge is 0.123 e. The third kappa shape index (κ3) is 3.90. The van der Waals surface area contributed by atoms with Gasteiger partial charge < -0.3 is 5.32 Å². The van der Waals surface area contributed by atoms with E-state index < -0.39 is 0 Å². The second-order valence-corrected chi connectivity index (χ2v) is 4.63. The van der Waals surface area contributed by atoms with Gasteiger partial charge in [0.2, 0.25) is 0 Å². The number of rotatable bonds is 4. The third-order valence-corrected chi connectivity index (χ3v) is 2.42. The predicted molar refractivity (Wildman–Crippen MR) is 63.7 cm³/mol. The molecule has 0 aliphatic carbocycles. The van der Waals surface area contributed by atoms with Gasteiger partial charge in [-0.05, 0) is 49.9 Å². The molecule has 0 heterocycles. The monoisotopic (exact) mass is 209 g/mol. The van der Waals surface area contributed by atoms with Crippen molar-refractivity contribution in [1.82, 2.24) is 0 Å². The maximum Gasteiger partial charge on any atom is 0.123 e. The van der Waals surface area contributed by atoms with Crippen LogP contribution in [0.2, 0.25) is 0 Å². The lowest BCUT2D eigenvalue weighted by molar-refractivity contribution is 0.539. The van der Waals surface area contributed by atoms with E-state index in [9.17, 15) is 4.39 Å². The van der Waals surface area contributed by atoms with Crippen LogP contribution in [-0.2, 0) is 0 Å². The fraction of sp³-hybridized carbons (Fsp3) is 0.538. The summed E-state index contributed by atoms with van der Waals surface area (Å²) < 4.78 is 12.9. The molecule has 1 atom stereocenters. The van der Waals surface area contributed by atoms with Gasteiger partial charge >= 0.3 is 0 Å². The SMILES string of the molecule is Cc1cc(F)ccc1NC(C)CC(C)C. The molecule has 1 unspecified atom stereocenters. The number of halogens is 1. The highest BCUT2D eigenvalue weighted by Gasteiger charge is 2.06. The Morgan fingerprint density at radius 3 is 2.47 bits per heavy atom. The van der Waals surface area contributed by atoms with Gasteiger partial charge in [-0.1, -0.05) is 13.8 Å². The van der Waals surface area contributed by atoms with Gasteiger partial charge in [0.1, 0.15) is 5.82 Å². The first-order valence-corrected chi connectivity index (χ1v) is 5.51. The summed E-state index contributed by atoms with van der Waals surface area (Å²) in [4.78, 5) is 0. The molecule has 1 nitrogen and oxygen atoms in total. The highest BCUT2D eigenvalue weighted by atomic mass is 19.1. The molecule has 0 radical (unpaired) electrons. The largest absolute Gasteiger partial charge is 0.382 e. The number of hydrogen-bond acceptors (Lipinski definition) is 1. The molecular weight excluding hydrogens is 189 g/mol. The van der Waals surface area contributed by atoms with Crippen LogP contribution in [0.15, 0.2) is 18.2 Å². The van der Waals surface area contributed by atoms with Crippen molar-refractivity contribution in [3.05, 3.63) is 29.6 Å². The lowest BCUT2D eigenvalue weighted by Gasteiger charge is -2.18. The summed E-state index contributed by atoms with van der Waals surface area (Å²) in [5.74, 6) is 0.503. The van der Waals surface area contributed by atoms with Crippen molar-refractivity contribution in [2.45, 2.75) is 40.2 Å². The Hall–Kier alpha value is -1.05. The molecule has 0 bridgehead atoms. The van der Waals surface area contributed by atoms with Crippen molar-refractivity contribution >= 4 is 5.69 Å². The summed E-state index contributed by atoms with van der Waals surface area (Å²) in [5, 5.41) is 3.40. The molecule has 0 aliphatic rings. The van der Waals surface area contributed by atoms with Crippen LogP contribution in [-0.4, -0.2) is 6.04 Å². The normalized spacial score (nSPS) is 12.9. The minimum atomic E-state index is -0.172. The van der Waals surface area contributed by atoms with Crippen molar-refractivity contribution in [1.29, 1.82) is 0 Å². The Morgan fingerprint density at radius 1 is 1.27 bits per heavy atom. The van der Waals surface area contributed by atoms with Crippen molar-refractivity contribution in [2.24, 2.45) is 5.92 Å². The molecule has 0 aromatic heterocycles.